The molecule has 0 unspecified atom stereocenters. The second kappa shape index (κ2) is 8.41. The number of likely N-dealkylation sites (tertiary alicyclic amines) is 1. The predicted octanol–water partition coefficient (Wildman–Crippen LogP) is 2.46. The molecule has 0 aliphatic carbocycles. The van der Waals surface area contributed by atoms with E-state index in [-0.39, 0.29) is 11.5 Å². The van der Waals surface area contributed by atoms with Crippen molar-refractivity contribution in [1.29, 1.82) is 0 Å². The summed E-state index contributed by atoms with van der Waals surface area (Å²) >= 11 is 0. The Morgan fingerprint density at radius 1 is 1.07 bits per heavy atom. The van der Waals surface area contributed by atoms with E-state index in [1.165, 1.54) is 24.3 Å². The average molecular weight is 396 g/mol. The smallest absolute Gasteiger partial charge is 0.259 e. The van der Waals surface area contributed by atoms with E-state index in [1.807, 2.05) is 4.90 Å². The van der Waals surface area contributed by atoms with Crippen LogP contribution < -0.4 is 10.3 Å². The van der Waals surface area contributed by atoms with Crippen LogP contribution in [0.5, 0.6) is 5.75 Å². The summed E-state index contributed by atoms with van der Waals surface area (Å²) in [5.74, 6) is 0.403. The van der Waals surface area contributed by atoms with Gasteiger partial charge in [0.15, 0.2) is 0 Å². The molecule has 0 radical (unpaired) electrons. The second-order valence-electron chi connectivity index (χ2n) is 8.04. The second-order valence-corrected chi connectivity index (χ2v) is 8.04. The van der Waals surface area contributed by atoms with Gasteiger partial charge in [-0.05, 0) is 25.3 Å². The molecular weight excluding hydrogens is 366 g/mol. The largest absolute Gasteiger partial charge is 0.496 e. The lowest BCUT2D eigenvalue weighted by atomic mass is 10.1. The fourth-order valence-electron chi connectivity index (χ4n) is 4.49. The molecule has 1 aromatic carbocycles. The molecule has 0 N–H and O–H groups in total. The standard InChI is InChI=1S/C23H29N3O3/c1-17-6-5-7-18(14-17)16-24-11-8-19-22(23(28)25-9-3-4-10-25)20(29-2)15-21(27)26(19)13-12-24/h5-7,14-15H,3-4,8-13,16H2,1-2H3. The van der Waals surface area contributed by atoms with Crippen molar-refractivity contribution in [2.24, 2.45) is 0 Å². The minimum Gasteiger partial charge on any atom is -0.496 e. The van der Waals surface area contributed by atoms with Gasteiger partial charge in [-0.2, -0.15) is 0 Å². The number of benzene rings is 1. The van der Waals surface area contributed by atoms with E-state index in [2.05, 4.69) is 36.1 Å². The fourth-order valence-corrected chi connectivity index (χ4v) is 4.49. The average Bonchev–Trinajstić information content (AvgIpc) is 3.17. The zero-order valence-corrected chi connectivity index (χ0v) is 17.3. The monoisotopic (exact) mass is 395 g/mol. The van der Waals surface area contributed by atoms with E-state index in [4.69, 9.17) is 4.74 Å². The van der Waals surface area contributed by atoms with Crippen LogP contribution in [0, 0.1) is 6.92 Å². The third-order valence-corrected chi connectivity index (χ3v) is 6.00. The van der Waals surface area contributed by atoms with E-state index < -0.39 is 0 Å². The topological polar surface area (TPSA) is 54.8 Å². The van der Waals surface area contributed by atoms with Crippen molar-refractivity contribution in [3.8, 4) is 5.75 Å². The van der Waals surface area contributed by atoms with Gasteiger partial charge in [-0.15, -0.1) is 0 Å². The van der Waals surface area contributed by atoms with Crippen molar-refractivity contribution in [2.75, 3.05) is 33.3 Å². The zero-order chi connectivity index (χ0) is 20.4. The Morgan fingerprint density at radius 2 is 1.86 bits per heavy atom. The lowest BCUT2D eigenvalue weighted by Gasteiger charge is -2.21. The highest BCUT2D eigenvalue weighted by Gasteiger charge is 2.29. The molecule has 29 heavy (non-hydrogen) atoms. The van der Waals surface area contributed by atoms with Gasteiger partial charge in [0.05, 0.1) is 7.11 Å². The van der Waals surface area contributed by atoms with Crippen molar-refractivity contribution < 1.29 is 9.53 Å². The number of hydrogen-bond acceptors (Lipinski definition) is 4. The Bertz CT molecular complexity index is 960. The Hall–Kier alpha value is -2.60. The molecule has 0 bridgehead atoms. The maximum absolute atomic E-state index is 13.2. The summed E-state index contributed by atoms with van der Waals surface area (Å²) in [6.07, 6.45) is 2.73. The third-order valence-electron chi connectivity index (χ3n) is 6.00. The molecule has 1 aromatic heterocycles. The van der Waals surface area contributed by atoms with Crippen LogP contribution >= 0.6 is 0 Å². The highest BCUT2D eigenvalue weighted by atomic mass is 16.5. The maximum atomic E-state index is 13.2. The normalized spacial score (nSPS) is 17.1. The minimum absolute atomic E-state index is 0.00441. The van der Waals surface area contributed by atoms with E-state index in [0.29, 0.717) is 24.3 Å². The number of aromatic nitrogens is 1. The van der Waals surface area contributed by atoms with Crippen molar-refractivity contribution in [1.82, 2.24) is 14.4 Å². The minimum atomic E-state index is -0.0905. The van der Waals surface area contributed by atoms with Gasteiger partial charge in [0, 0.05) is 57.4 Å². The quantitative estimate of drug-likeness (QED) is 0.798. The van der Waals surface area contributed by atoms with E-state index in [9.17, 15) is 9.59 Å². The molecule has 0 saturated carbocycles. The van der Waals surface area contributed by atoms with Gasteiger partial charge in [0.1, 0.15) is 11.3 Å². The summed E-state index contributed by atoms with van der Waals surface area (Å²) in [5, 5.41) is 0. The van der Waals surface area contributed by atoms with Gasteiger partial charge < -0.3 is 14.2 Å². The molecule has 0 spiro atoms. The third kappa shape index (κ3) is 4.08. The first kappa shape index (κ1) is 19.7. The van der Waals surface area contributed by atoms with Gasteiger partial charge in [0.25, 0.3) is 11.5 Å². The number of ether oxygens (including phenoxy) is 1. The van der Waals surface area contributed by atoms with Gasteiger partial charge in [-0.25, -0.2) is 0 Å². The van der Waals surface area contributed by atoms with Crippen LogP contribution in [0.25, 0.3) is 0 Å². The van der Waals surface area contributed by atoms with Gasteiger partial charge in [0.2, 0.25) is 0 Å². The number of rotatable bonds is 4. The van der Waals surface area contributed by atoms with Crippen LogP contribution in [0.1, 0.15) is 40.0 Å². The highest BCUT2D eigenvalue weighted by Crippen LogP contribution is 2.26. The number of hydrogen-bond donors (Lipinski definition) is 0. The predicted molar refractivity (Wildman–Crippen MR) is 113 cm³/mol. The molecule has 1 saturated heterocycles. The van der Waals surface area contributed by atoms with Crippen LogP contribution in [0.3, 0.4) is 0 Å². The Kier molecular flexibility index (Phi) is 5.72. The fraction of sp³-hybridized carbons (Fsp3) is 0.478. The van der Waals surface area contributed by atoms with Crippen LogP contribution in [-0.4, -0.2) is 53.6 Å². The van der Waals surface area contributed by atoms with Gasteiger partial charge >= 0.3 is 0 Å². The molecule has 6 heteroatoms. The lowest BCUT2D eigenvalue weighted by molar-refractivity contribution is 0.0787. The Balaban J connectivity index is 1.63. The molecule has 1 amide bonds. The molecule has 3 heterocycles. The number of fused-ring (bicyclic) bond motifs is 1. The van der Waals surface area contributed by atoms with Crippen molar-refractivity contribution in [3.63, 3.8) is 0 Å². The van der Waals surface area contributed by atoms with Gasteiger partial charge in [-0.1, -0.05) is 29.8 Å². The zero-order valence-electron chi connectivity index (χ0n) is 17.3. The van der Waals surface area contributed by atoms with Crippen LogP contribution in [0.2, 0.25) is 0 Å². The molecule has 6 nitrogen and oxygen atoms in total. The summed E-state index contributed by atoms with van der Waals surface area (Å²) in [6.45, 7) is 6.68. The summed E-state index contributed by atoms with van der Waals surface area (Å²) in [5.41, 5.74) is 3.82. The summed E-state index contributed by atoms with van der Waals surface area (Å²) in [7, 11) is 1.54. The number of carbonyl (C=O) groups excluding carboxylic acids is 1. The van der Waals surface area contributed by atoms with E-state index >= 15 is 0 Å². The molecule has 4 rings (SSSR count). The number of carbonyl (C=O) groups is 1. The summed E-state index contributed by atoms with van der Waals surface area (Å²) < 4.78 is 7.25. The summed E-state index contributed by atoms with van der Waals surface area (Å²) in [4.78, 5) is 30.2. The van der Waals surface area contributed by atoms with E-state index in [1.54, 1.807) is 4.57 Å². The van der Waals surface area contributed by atoms with Crippen molar-refractivity contribution in [3.05, 3.63) is 63.1 Å². The SMILES string of the molecule is COc1cc(=O)n2c(c1C(=O)N1CCCC1)CCN(Cc1cccc(C)c1)CC2. The molecule has 2 aromatic rings. The van der Waals surface area contributed by atoms with Gasteiger partial charge in [-0.3, -0.25) is 14.5 Å². The number of aryl methyl sites for hydroxylation is 1. The van der Waals surface area contributed by atoms with Crippen LogP contribution in [0.15, 0.2) is 35.1 Å². The number of pyridine rings is 1. The molecular formula is C23H29N3O3. The Morgan fingerprint density at radius 3 is 2.59 bits per heavy atom. The molecule has 1 fully saturated rings. The highest BCUT2D eigenvalue weighted by molar-refractivity contribution is 5.98. The molecule has 2 aliphatic rings. The number of nitrogens with zero attached hydrogens (tertiary/aromatic N) is 3. The lowest BCUT2D eigenvalue weighted by Crippen LogP contribution is -2.33. The van der Waals surface area contributed by atoms with Crippen molar-refractivity contribution in [2.45, 2.75) is 39.3 Å². The number of methoxy groups -OCH3 is 1. The first-order valence-electron chi connectivity index (χ1n) is 10.4. The maximum Gasteiger partial charge on any atom is 0.259 e. The Labute approximate surface area is 171 Å². The number of amides is 1. The molecule has 154 valence electrons. The summed E-state index contributed by atoms with van der Waals surface area (Å²) in [6, 6.07) is 10.0. The molecule has 2 aliphatic heterocycles. The first-order valence-corrected chi connectivity index (χ1v) is 10.4. The van der Waals surface area contributed by atoms with Crippen LogP contribution in [0.4, 0.5) is 0 Å². The van der Waals surface area contributed by atoms with Crippen LogP contribution in [-0.2, 0) is 19.5 Å². The van der Waals surface area contributed by atoms with E-state index in [0.717, 1.165) is 51.3 Å². The van der Waals surface area contributed by atoms with Crippen molar-refractivity contribution >= 4 is 5.91 Å². The molecule has 0 atom stereocenters. The first-order chi connectivity index (χ1) is 14.1.